The van der Waals surface area contributed by atoms with Crippen LogP contribution in [0.4, 0.5) is 11.4 Å². The predicted octanol–water partition coefficient (Wildman–Crippen LogP) is 4.14. The van der Waals surface area contributed by atoms with E-state index in [4.69, 9.17) is 5.84 Å². The number of piperidine rings is 1. The molecule has 156 valence electrons. The number of anilines is 2. The van der Waals surface area contributed by atoms with Crippen LogP contribution in [-0.4, -0.2) is 39.6 Å². The molecule has 4 rings (SSSR count). The number of hydrogen-bond donors (Lipinski definition) is 2. The summed E-state index contributed by atoms with van der Waals surface area (Å²) in [6.45, 7) is 2.20. The first-order valence-electron chi connectivity index (χ1n) is 9.85. The van der Waals surface area contributed by atoms with Gasteiger partial charge >= 0.3 is 0 Å². The van der Waals surface area contributed by atoms with Crippen molar-refractivity contribution in [3.8, 4) is 11.4 Å². The Morgan fingerprint density at radius 1 is 1.07 bits per heavy atom. The van der Waals surface area contributed by atoms with E-state index < -0.39 is 0 Å². The molecule has 2 heterocycles. The lowest BCUT2D eigenvalue weighted by atomic mass is 10.1. The number of hydrogen-bond acceptors (Lipinski definition) is 6. The summed E-state index contributed by atoms with van der Waals surface area (Å²) in [6.07, 6.45) is 3.79. The number of nitrogen functional groups attached to an aromatic ring is 1. The Morgan fingerprint density at radius 2 is 1.80 bits per heavy atom. The maximum atomic E-state index is 12.4. The molecule has 0 radical (unpaired) electrons. The van der Waals surface area contributed by atoms with Gasteiger partial charge in [-0.3, -0.25) is 4.79 Å². The number of carbonyl (C=O) groups is 1. The smallest absolute Gasteiger partial charge is 0.234 e. The van der Waals surface area contributed by atoms with Crippen molar-refractivity contribution in [3.05, 3.63) is 53.0 Å². The van der Waals surface area contributed by atoms with Crippen molar-refractivity contribution in [2.45, 2.75) is 24.4 Å². The highest BCUT2D eigenvalue weighted by Gasteiger charge is 2.16. The Balaban J connectivity index is 1.33. The van der Waals surface area contributed by atoms with Crippen LogP contribution in [-0.2, 0) is 4.79 Å². The van der Waals surface area contributed by atoms with Crippen molar-refractivity contribution in [3.63, 3.8) is 0 Å². The van der Waals surface area contributed by atoms with Gasteiger partial charge in [0.15, 0.2) is 5.82 Å². The van der Waals surface area contributed by atoms with Gasteiger partial charge in [-0.25, -0.2) is 4.68 Å². The zero-order valence-electron chi connectivity index (χ0n) is 16.4. The van der Waals surface area contributed by atoms with Crippen LogP contribution in [0.2, 0.25) is 0 Å². The van der Waals surface area contributed by atoms with Gasteiger partial charge in [-0.2, -0.15) is 0 Å². The summed E-state index contributed by atoms with van der Waals surface area (Å²) in [7, 11) is 0. The number of halogens is 1. The lowest BCUT2D eigenvalue weighted by molar-refractivity contribution is -0.113. The minimum atomic E-state index is -0.115. The minimum Gasteiger partial charge on any atom is -0.372 e. The zero-order valence-corrected chi connectivity index (χ0v) is 18.8. The topological polar surface area (TPSA) is 89.1 Å². The number of carbonyl (C=O) groups excluding carboxylic acids is 1. The first-order valence-corrected chi connectivity index (χ1v) is 11.6. The van der Waals surface area contributed by atoms with Crippen molar-refractivity contribution >= 4 is 45.0 Å². The Morgan fingerprint density at radius 3 is 2.53 bits per heavy atom. The molecule has 9 heteroatoms. The van der Waals surface area contributed by atoms with E-state index in [1.54, 1.807) is 0 Å². The predicted molar refractivity (Wildman–Crippen MR) is 125 cm³/mol. The molecule has 1 amide bonds. The molecule has 1 saturated heterocycles. The molecule has 0 atom stereocenters. The Labute approximate surface area is 188 Å². The highest BCUT2D eigenvalue weighted by Crippen LogP contribution is 2.28. The third kappa shape index (κ3) is 4.79. The maximum absolute atomic E-state index is 12.4. The highest BCUT2D eigenvalue weighted by atomic mass is 79.9. The van der Waals surface area contributed by atoms with Crippen LogP contribution in [0.3, 0.4) is 0 Å². The molecule has 0 bridgehead atoms. The number of amides is 1. The van der Waals surface area contributed by atoms with E-state index >= 15 is 0 Å². The lowest BCUT2D eigenvalue weighted by Gasteiger charge is -2.28. The Bertz CT molecular complexity index is 1020. The molecule has 3 aromatic rings. The van der Waals surface area contributed by atoms with Gasteiger partial charge in [0, 0.05) is 34.5 Å². The van der Waals surface area contributed by atoms with Gasteiger partial charge in [-0.1, -0.05) is 39.8 Å². The van der Waals surface area contributed by atoms with Crippen molar-refractivity contribution in [2.75, 3.05) is 34.9 Å². The lowest BCUT2D eigenvalue weighted by Crippen LogP contribution is -2.29. The highest BCUT2D eigenvalue weighted by molar-refractivity contribution is 9.10. The molecule has 0 spiro atoms. The SMILES string of the molecule is Nn1c(SCC(=O)Nc2ccc(N3CCCCC3)cc2)nnc1-c1ccccc1Br. The van der Waals surface area contributed by atoms with Crippen LogP contribution in [0.25, 0.3) is 11.4 Å². The van der Waals surface area contributed by atoms with Gasteiger partial charge in [0.2, 0.25) is 11.1 Å². The molecule has 0 unspecified atom stereocenters. The third-order valence-corrected chi connectivity index (χ3v) is 6.62. The fraction of sp³-hybridized carbons (Fsp3) is 0.286. The second-order valence-electron chi connectivity index (χ2n) is 7.09. The number of thioether (sulfide) groups is 1. The standard InChI is InChI=1S/C21H23BrN6OS/c22-18-7-3-2-6-17(18)20-25-26-21(28(20)23)30-14-19(29)24-15-8-10-16(11-9-15)27-12-4-1-5-13-27/h2-3,6-11H,1,4-5,12-14,23H2,(H,24,29). The van der Waals surface area contributed by atoms with E-state index in [1.165, 1.54) is 41.4 Å². The summed E-state index contributed by atoms with van der Waals surface area (Å²) in [4.78, 5) is 14.8. The van der Waals surface area contributed by atoms with Gasteiger partial charge < -0.3 is 16.1 Å². The molecule has 1 aliphatic rings. The molecule has 2 aromatic carbocycles. The van der Waals surface area contributed by atoms with Crippen LogP contribution in [0.5, 0.6) is 0 Å². The monoisotopic (exact) mass is 486 g/mol. The van der Waals surface area contributed by atoms with E-state index in [2.05, 4.69) is 48.5 Å². The molecule has 30 heavy (non-hydrogen) atoms. The van der Waals surface area contributed by atoms with E-state index in [0.717, 1.165) is 28.8 Å². The molecule has 0 saturated carbocycles. The molecule has 1 fully saturated rings. The van der Waals surface area contributed by atoms with E-state index in [0.29, 0.717) is 11.0 Å². The van der Waals surface area contributed by atoms with E-state index in [9.17, 15) is 4.79 Å². The second-order valence-corrected chi connectivity index (χ2v) is 8.88. The number of rotatable bonds is 6. The normalized spacial score (nSPS) is 14.0. The van der Waals surface area contributed by atoms with Crippen LogP contribution < -0.4 is 16.1 Å². The van der Waals surface area contributed by atoms with E-state index in [-0.39, 0.29) is 11.7 Å². The summed E-state index contributed by atoms with van der Waals surface area (Å²) < 4.78 is 2.29. The molecule has 0 aliphatic carbocycles. The fourth-order valence-electron chi connectivity index (χ4n) is 3.44. The maximum Gasteiger partial charge on any atom is 0.234 e. The average molecular weight is 487 g/mol. The molecule has 1 aliphatic heterocycles. The largest absolute Gasteiger partial charge is 0.372 e. The quantitative estimate of drug-likeness (QED) is 0.401. The molecule has 7 nitrogen and oxygen atoms in total. The molecular formula is C21H23BrN6OS. The molecule has 3 N–H and O–H groups in total. The summed E-state index contributed by atoms with van der Waals surface area (Å²) in [5, 5.41) is 11.7. The van der Waals surface area contributed by atoms with Gasteiger partial charge in [-0.05, 0) is 55.7 Å². The van der Waals surface area contributed by atoms with Crippen LogP contribution in [0, 0.1) is 0 Å². The first-order chi connectivity index (χ1) is 14.6. The number of nitrogens with one attached hydrogen (secondary N) is 1. The van der Waals surface area contributed by atoms with Crippen molar-refractivity contribution in [1.29, 1.82) is 0 Å². The van der Waals surface area contributed by atoms with Gasteiger partial charge in [0.25, 0.3) is 0 Å². The number of benzene rings is 2. The van der Waals surface area contributed by atoms with Gasteiger partial charge in [0.1, 0.15) is 0 Å². The Kier molecular flexibility index (Phi) is 6.59. The number of nitrogens with two attached hydrogens (primary N) is 1. The summed E-state index contributed by atoms with van der Waals surface area (Å²) in [5.41, 5.74) is 2.83. The summed E-state index contributed by atoms with van der Waals surface area (Å²) in [6, 6.07) is 15.7. The van der Waals surface area contributed by atoms with Crippen LogP contribution in [0.15, 0.2) is 58.2 Å². The summed E-state index contributed by atoms with van der Waals surface area (Å²) >= 11 is 4.75. The molecule has 1 aromatic heterocycles. The fourth-order valence-corrected chi connectivity index (χ4v) is 4.56. The number of aromatic nitrogens is 3. The second kappa shape index (κ2) is 9.53. The van der Waals surface area contributed by atoms with Gasteiger partial charge in [0.05, 0.1) is 5.75 Å². The third-order valence-electron chi connectivity index (χ3n) is 4.98. The molecular weight excluding hydrogens is 464 g/mol. The van der Waals surface area contributed by atoms with Crippen molar-refractivity contribution in [2.24, 2.45) is 0 Å². The minimum absolute atomic E-state index is 0.115. The average Bonchev–Trinajstić information content (AvgIpc) is 3.14. The first kappa shape index (κ1) is 20.7. The zero-order chi connectivity index (χ0) is 20.9. The van der Waals surface area contributed by atoms with Crippen LogP contribution in [0.1, 0.15) is 19.3 Å². The number of nitrogens with zero attached hydrogens (tertiary/aromatic N) is 4. The Hall–Kier alpha value is -2.52. The van der Waals surface area contributed by atoms with Crippen LogP contribution >= 0.6 is 27.7 Å². The van der Waals surface area contributed by atoms with Crippen molar-refractivity contribution in [1.82, 2.24) is 14.9 Å². The van der Waals surface area contributed by atoms with E-state index in [1.807, 2.05) is 36.4 Å². The van der Waals surface area contributed by atoms with Crippen molar-refractivity contribution < 1.29 is 4.79 Å². The summed E-state index contributed by atoms with van der Waals surface area (Å²) in [5.74, 6) is 6.76. The van der Waals surface area contributed by atoms with Gasteiger partial charge in [-0.15, -0.1) is 10.2 Å².